The Bertz CT molecular complexity index is 322. The second kappa shape index (κ2) is 7.46. The highest BCUT2D eigenvalue weighted by molar-refractivity contribution is 5.25. The van der Waals surface area contributed by atoms with E-state index in [-0.39, 0.29) is 0 Å². The Kier molecular flexibility index (Phi) is 6.23. The lowest BCUT2D eigenvalue weighted by molar-refractivity contribution is 0.170. The summed E-state index contributed by atoms with van der Waals surface area (Å²) in [6, 6.07) is 8.26. The van der Waals surface area contributed by atoms with Gasteiger partial charge in [0.1, 0.15) is 0 Å². The van der Waals surface area contributed by atoms with Crippen LogP contribution in [-0.2, 0) is 6.42 Å². The van der Waals surface area contributed by atoms with Crippen molar-refractivity contribution < 1.29 is 5.11 Å². The van der Waals surface area contributed by atoms with E-state index < -0.39 is 6.10 Å². The normalized spacial score (nSPS) is 13.0. The van der Waals surface area contributed by atoms with E-state index in [1.54, 1.807) is 0 Å². The van der Waals surface area contributed by atoms with Gasteiger partial charge in [-0.2, -0.15) is 0 Å². The zero-order valence-corrected chi connectivity index (χ0v) is 11.0. The largest absolute Gasteiger partial charge is 0.388 e. The van der Waals surface area contributed by atoms with Crippen LogP contribution in [0, 0.1) is 5.92 Å². The van der Waals surface area contributed by atoms with Crippen LogP contribution in [0.2, 0.25) is 0 Å². The number of aliphatic hydroxyl groups excluding tert-OH is 1. The molecule has 2 heteroatoms. The number of hydrogen-bond acceptors (Lipinski definition) is 2. The van der Waals surface area contributed by atoms with Crippen LogP contribution < -0.4 is 5.73 Å². The lowest BCUT2D eigenvalue weighted by Gasteiger charge is -2.11. The van der Waals surface area contributed by atoms with E-state index in [1.807, 2.05) is 12.1 Å². The quantitative estimate of drug-likeness (QED) is 0.763. The fourth-order valence-electron chi connectivity index (χ4n) is 1.99. The first-order chi connectivity index (χ1) is 8.13. The molecule has 0 spiro atoms. The molecule has 0 saturated carbocycles. The summed E-state index contributed by atoms with van der Waals surface area (Å²) < 4.78 is 0. The first-order valence-corrected chi connectivity index (χ1v) is 6.60. The van der Waals surface area contributed by atoms with Gasteiger partial charge in [0.15, 0.2) is 0 Å². The average molecular weight is 235 g/mol. The predicted octanol–water partition coefficient (Wildman–Crippen LogP) is 3.05. The van der Waals surface area contributed by atoms with Gasteiger partial charge in [0, 0.05) is 0 Å². The van der Waals surface area contributed by atoms with Crippen molar-refractivity contribution in [1.82, 2.24) is 0 Å². The molecule has 1 aromatic rings. The van der Waals surface area contributed by atoms with E-state index in [0.29, 0.717) is 13.0 Å². The minimum absolute atomic E-state index is 0.412. The third-order valence-electron chi connectivity index (χ3n) is 3.02. The summed E-state index contributed by atoms with van der Waals surface area (Å²) >= 11 is 0. The zero-order valence-electron chi connectivity index (χ0n) is 11.0. The maximum Gasteiger partial charge on any atom is 0.0802 e. The van der Waals surface area contributed by atoms with Crippen molar-refractivity contribution in [2.45, 2.75) is 45.6 Å². The van der Waals surface area contributed by atoms with Crippen molar-refractivity contribution in [3.63, 3.8) is 0 Å². The van der Waals surface area contributed by atoms with Crippen molar-refractivity contribution >= 4 is 0 Å². The van der Waals surface area contributed by atoms with Crippen LogP contribution in [0.5, 0.6) is 0 Å². The number of rotatable bonds is 7. The Morgan fingerprint density at radius 2 is 2.00 bits per heavy atom. The van der Waals surface area contributed by atoms with Crippen LogP contribution in [0.15, 0.2) is 24.3 Å². The van der Waals surface area contributed by atoms with Crippen LogP contribution in [0.1, 0.15) is 50.3 Å². The summed E-state index contributed by atoms with van der Waals surface area (Å²) in [6.45, 7) is 5.03. The van der Waals surface area contributed by atoms with Gasteiger partial charge in [0.25, 0.3) is 0 Å². The van der Waals surface area contributed by atoms with Crippen LogP contribution in [0.25, 0.3) is 0 Å². The second-order valence-corrected chi connectivity index (χ2v) is 5.12. The van der Waals surface area contributed by atoms with Gasteiger partial charge >= 0.3 is 0 Å². The van der Waals surface area contributed by atoms with E-state index in [2.05, 4.69) is 26.0 Å². The monoisotopic (exact) mass is 235 g/mol. The fourth-order valence-corrected chi connectivity index (χ4v) is 1.99. The molecule has 96 valence electrons. The summed E-state index contributed by atoms with van der Waals surface area (Å²) in [7, 11) is 0. The fraction of sp³-hybridized carbons (Fsp3) is 0.600. The molecule has 0 fully saturated rings. The standard InChI is InChI=1S/C15H25NO/c1-12(2)5-3-6-13-7-4-8-14(11-13)15(17)9-10-16/h4,7-8,11-12,15,17H,3,5-6,9-10,16H2,1-2H3. The van der Waals surface area contributed by atoms with Crippen molar-refractivity contribution in [3.05, 3.63) is 35.4 Å². The van der Waals surface area contributed by atoms with Crippen LogP contribution >= 0.6 is 0 Å². The summed E-state index contributed by atoms with van der Waals surface area (Å²) in [5.41, 5.74) is 7.77. The first kappa shape index (κ1) is 14.2. The van der Waals surface area contributed by atoms with Gasteiger partial charge in [-0.3, -0.25) is 0 Å². The number of aliphatic hydroxyl groups is 1. The lowest BCUT2D eigenvalue weighted by atomic mass is 9.99. The molecule has 0 aliphatic rings. The van der Waals surface area contributed by atoms with Gasteiger partial charge in [-0.25, -0.2) is 0 Å². The van der Waals surface area contributed by atoms with Gasteiger partial charge in [0.2, 0.25) is 0 Å². The molecule has 1 atom stereocenters. The van der Waals surface area contributed by atoms with Crippen LogP contribution in [-0.4, -0.2) is 11.7 Å². The number of aryl methyl sites for hydroxylation is 1. The predicted molar refractivity (Wildman–Crippen MR) is 72.8 cm³/mol. The molecule has 0 radical (unpaired) electrons. The maximum atomic E-state index is 9.88. The van der Waals surface area contributed by atoms with Crippen molar-refractivity contribution in [2.75, 3.05) is 6.54 Å². The molecular weight excluding hydrogens is 210 g/mol. The Balaban J connectivity index is 2.53. The van der Waals surface area contributed by atoms with Gasteiger partial charge < -0.3 is 10.8 Å². The highest BCUT2D eigenvalue weighted by Crippen LogP contribution is 2.18. The smallest absolute Gasteiger partial charge is 0.0802 e. The minimum Gasteiger partial charge on any atom is -0.388 e. The summed E-state index contributed by atoms with van der Waals surface area (Å²) in [6.07, 6.45) is 3.80. The molecule has 0 aromatic heterocycles. The number of hydrogen-bond donors (Lipinski definition) is 2. The summed E-state index contributed by atoms with van der Waals surface area (Å²) in [5.74, 6) is 0.765. The number of nitrogens with two attached hydrogens (primary N) is 1. The Morgan fingerprint density at radius 3 is 2.65 bits per heavy atom. The first-order valence-electron chi connectivity index (χ1n) is 6.60. The molecule has 0 bridgehead atoms. The molecule has 0 heterocycles. The third kappa shape index (κ3) is 5.33. The molecule has 3 N–H and O–H groups in total. The average Bonchev–Trinajstić information content (AvgIpc) is 2.29. The third-order valence-corrected chi connectivity index (χ3v) is 3.02. The highest BCUT2D eigenvalue weighted by Gasteiger charge is 2.06. The summed E-state index contributed by atoms with van der Waals surface area (Å²) in [4.78, 5) is 0. The van der Waals surface area contributed by atoms with Crippen molar-refractivity contribution in [1.29, 1.82) is 0 Å². The Hall–Kier alpha value is -0.860. The topological polar surface area (TPSA) is 46.2 Å². The molecule has 2 nitrogen and oxygen atoms in total. The molecular formula is C15H25NO. The molecule has 0 amide bonds. The van der Waals surface area contributed by atoms with E-state index in [0.717, 1.165) is 17.9 Å². The van der Waals surface area contributed by atoms with Crippen LogP contribution in [0.3, 0.4) is 0 Å². The van der Waals surface area contributed by atoms with Gasteiger partial charge in [-0.1, -0.05) is 44.5 Å². The van der Waals surface area contributed by atoms with Gasteiger partial charge in [0.05, 0.1) is 6.10 Å². The van der Waals surface area contributed by atoms with Gasteiger partial charge in [-0.05, 0) is 42.9 Å². The SMILES string of the molecule is CC(C)CCCc1cccc(C(O)CCN)c1. The molecule has 0 aliphatic heterocycles. The van der Waals surface area contributed by atoms with Crippen molar-refractivity contribution in [2.24, 2.45) is 11.7 Å². The highest BCUT2D eigenvalue weighted by atomic mass is 16.3. The molecule has 0 saturated heterocycles. The second-order valence-electron chi connectivity index (χ2n) is 5.12. The summed E-state index contributed by atoms with van der Waals surface area (Å²) in [5, 5.41) is 9.88. The maximum absolute atomic E-state index is 9.88. The van der Waals surface area contributed by atoms with E-state index in [1.165, 1.54) is 18.4 Å². The number of benzene rings is 1. The minimum atomic E-state index is -0.412. The molecule has 0 aliphatic carbocycles. The molecule has 1 unspecified atom stereocenters. The van der Waals surface area contributed by atoms with E-state index in [9.17, 15) is 5.11 Å². The molecule has 1 rings (SSSR count). The van der Waals surface area contributed by atoms with Gasteiger partial charge in [-0.15, -0.1) is 0 Å². The Labute approximate surface area is 105 Å². The van der Waals surface area contributed by atoms with Crippen molar-refractivity contribution in [3.8, 4) is 0 Å². The van der Waals surface area contributed by atoms with E-state index in [4.69, 9.17) is 5.73 Å². The lowest BCUT2D eigenvalue weighted by Crippen LogP contribution is -2.06. The zero-order chi connectivity index (χ0) is 12.7. The van der Waals surface area contributed by atoms with Crippen LogP contribution in [0.4, 0.5) is 0 Å². The molecule has 1 aromatic carbocycles. The van der Waals surface area contributed by atoms with E-state index >= 15 is 0 Å². The Morgan fingerprint density at radius 1 is 1.24 bits per heavy atom. The molecule has 17 heavy (non-hydrogen) atoms.